The number of aromatic hydroxyl groups is 2. The van der Waals surface area contributed by atoms with Gasteiger partial charge in [0.15, 0.2) is 5.43 Å². The van der Waals surface area contributed by atoms with Gasteiger partial charge in [0.05, 0.1) is 23.9 Å². The van der Waals surface area contributed by atoms with Gasteiger partial charge < -0.3 is 61.1 Å². The quantitative estimate of drug-likeness (QED) is 0.105. The van der Waals surface area contributed by atoms with E-state index in [0.29, 0.717) is 62.0 Å². The minimum Gasteiger partial charge on any atom is -0.508 e. The number of piperidine rings is 1. The molecule has 378 valence electrons. The number of nitrogens with two attached hydrogens (primary N) is 1. The molecule has 3 fully saturated rings. The van der Waals surface area contributed by atoms with Gasteiger partial charge in [0, 0.05) is 54.1 Å². The van der Waals surface area contributed by atoms with Crippen molar-refractivity contribution in [3.05, 3.63) is 121 Å². The summed E-state index contributed by atoms with van der Waals surface area (Å²) in [6, 6.07) is 6.47. The smallest absolute Gasteiger partial charge is 0.337 e. The van der Waals surface area contributed by atoms with E-state index >= 15 is 4.79 Å². The molecule has 3 aromatic rings. The van der Waals surface area contributed by atoms with Crippen LogP contribution >= 0.6 is 0 Å². The van der Waals surface area contributed by atoms with Crippen molar-refractivity contribution < 1.29 is 44.2 Å². The molecule has 2 aromatic carbocycles. The van der Waals surface area contributed by atoms with E-state index in [0.717, 1.165) is 67.6 Å². The molecule has 6 heterocycles. The number of rotatable bonds is 7. The fourth-order valence-corrected chi connectivity index (χ4v) is 14.7. The first-order valence-corrected chi connectivity index (χ1v) is 25.9. The summed E-state index contributed by atoms with van der Waals surface area (Å²) in [4.78, 5) is 29.7. The number of likely N-dealkylation sites (N-methyl/N-ethyl adjacent to an activating group) is 1. The summed E-state index contributed by atoms with van der Waals surface area (Å²) in [6.07, 6.45) is 13.6. The lowest BCUT2D eigenvalue weighted by atomic mass is 9.61. The summed E-state index contributed by atoms with van der Waals surface area (Å²) in [6.45, 7) is 7.69. The molecule has 1 unspecified atom stereocenters. The van der Waals surface area contributed by atoms with E-state index in [-0.39, 0.29) is 75.1 Å². The molecule has 0 amide bonds. The zero-order chi connectivity index (χ0) is 49.6. The van der Waals surface area contributed by atoms with Gasteiger partial charge in [-0.15, -0.1) is 0 Å². The average molecular weight is 972 g/mol. The molecule has 2 saturated carbocycles. The highest BCUT2D eigenvalue weighted by Gasteiger charge is 2.59. The number of fused-ring (bicyclic) bond motifs is 9. The maximum absolute atomic E-state index is 15.2. The minimum atomic E-state index is -1.41. The molecule has 71 heavy (non-hydrogen) atoms. The van der Waals surface area contributed by atoms with Crippen molar-refractivity contribution in [3.8, 4) is 17.2 Å². The van der Waals surface area contributed by atoms with Gasteiger partial charge in [-0.2, -0.15) is 0 Å². The van der Waals surface area contributed by atoms with Crippen molar-refractivity contribution >= 4 is 16.9 Å². The van der Waals surface area contributed by atoms with Crippen molar-refractivity contribution in [1.82, 2.24) is 21.3 Å². The van der Waals surface area contributed by atoms with E-state index in [1.54, 1.807) is 25.1 Å². The first-order valence-electron chi connectivity index (χ1n) is 25.9. The first kappa shape index (κ1) is 47.7. The number of esters is 1. The van der Waals surface area contributed by atoms with Crippen LogP contribution in [0.25, 0.3) is 11.0 Å². The Morgan fingerprint density at radius 3 is 2.63 bits per heavy atom. The molecule has 11 rings (SSSR count). The zero-order valence-electron chi connectivity index (χ0n) is 41.0. The van der Waals surface area contributed by atoms with Crippen LogP contribution < -0.4 is 37.2 Å². The molecule has 1 saturated heterocycles. The van der Waals surface area contributed by atoms with E-state index in [2.05, 4.69) is 46.5 Å². The number of ether oxygens (including phenoxy) is 2. The molecule has 1 spiro atoms. The van der Waals surface area contributed by atoms with Crippen LogP contribution in [0.5, 0.6) is 17.2 Å². The van der Waals surface area contributed by atoms with Crippen LogP contribution in [0.15, 0.2) is 91.6 Å². The molecule has 15 nitrogen and oxygen atoms in total. The molecular weight excluding hydrogens is 903 g/mol. The third-order valence-corrected chi connectivity index (χ3v) is 18.1. The maximum atomic E-state index is 15.2. The fourth-order valence-electron chi connectivity index (χ4n) is 14.7. The Labute approximate surface area is 414 Å². The number of aryl methyl sites for hydroxylation is 1. The molecule has 5 aliphatic heterocycles. The third-order valence-electron chi connectivity index (χ3n) is 18.1. The van der Waals surface area contributed by atoms with E-state index in [4.69, 9.17) is 19.6 Å². The lowest BCUT2D eigenvalue weighted by molar-refractivity contribution is -0.171. The Balaban J connectivity index is 1.18. The number of phenols is 2. The molecule has 3 aliphatic carbocycles. The van der Waals surface area contributed by atoms with E-state index < -0.39 is 59.5 Å². The summed E-state index contributed by atoms with van der Waals surface area (Å²) in [5.74, 6) is -2.71. The predicted molar refractivity (Wildman–Crippen MR) is 267 cm³/mol. The van der Waals surface area contributed by atoms with Gasteiger partial charge in [-0.25, -0.2) is 4.79 Å². The number of phenolic OH excluding ortho intramolecular Hbond substituents is 2. The second-order valence-electron chi connectivity index (χ2n) is 21.8. The molecular formula is C56H69N5O10. The highest BCUT2D eigenvalue weighted by atomic mass is 16.6. The average Bonchev–Trinajstić information content (AvgIpc) is 3.57. The number of dihydropyridines is 2. The number of hydrogen-bond acceptors (Lipinski definition) is 15. The number of carbonyl (C=O) groups is 1. The number of allylic oxidation sites excluding steroid dienone is 5. The Morgan fingerprint density at radius 2 is 1.87 bits per heavy atom. The summed E-state index contributed by atoms with van der Waals surface area (Å²) in [7, 11) is 0. The highest BCUT2D eigenvalue weighted by molar-refractivity contribution is 5.93. The largest absolute Gasteiger partial charge is 0.508 e. The van der Waals surface area contributed by atoms with Crippen molar-refractivity contribution in [2.75, 3.05) is 32.8 Å². The number of aliphatic hydroxyl groups is 3. The highest BCUT2D eigenvalue weighted by Crippen LogP contribution is 2.62. The monoisotopic (exact) mass is 972 g/mol. The minimum absolute atomic E-state index is 0.00253. The Bertz CT molecular complexity index is 2890. The summed E-state index contributed by atoms with van der Waals surface area (Å²) in [5, 5.41) is 72.7. The Morgan fingerprint density at radius 1 is 1.06 bits per heavy atom. The number of hydrogen-bond donors (Lipinski definition) is 10. The van der Waals surface area contributed by atoms with Crippen molar-refractivity contribution in [1.29, 1.82) is 0 Å². The SMILES string of the molecule is C/C=C(\C(=O)O[C@@H]1Cc2c3c(c4oc(CO)cc(=O)c4c2O)[C@H]2C4=CCNC(N)=C4[C@@H](CCc4ccc(O)cc4[C@H]2CO)[C@H]2CCC4=CC(NCC)NC=C4C[C@@H]2[C@]1(C)O3)[C@]1(O)CCC2(CCNCC2)C1. The van der Waals surface area contributed by atoms with Gasteiger partial charge in [0.2, 0.25) is 0 Å². The van der Waals surface area contributed by atoms with Crippen LogP contribution in [-0.2, 0) is 29.0 Å². The van der Waals surface area contributed by atoms with Crippen molar-refractivity contribution in [3.63, 3.8) is 0 Å². The van der Waals surface area contributed by atoms with Crippen LogP contribution in [0.3, 0.4) is 0 Å². The topological polar surface area (TPSA) is 241 Å². The summed E-state index contributed by atoms with van der Waals surface area (Å²) in [5.41, 5.74) is 10.3. The van der Waals surface area contributed by atoms with E-state index in [9.17, 15) is 30.3 Å². The second kappa shape index (κ2) is 18.2. The summed E-state index contributed by atoms with van der Waals surface area (Å²) < 4.78 is 21.2. The number of benzene rings is 2. The van der Waals surface area contributed by atoms with Crippen LogP contribution in [0.4, 0.5) is 0 Å². The van der Waals surface area contributed by atoms with Gasteiger partial charge in [-0.1, -0.05) is 25.1 Å². The maximum Gasteiger partial charge on any atom is 0.337 e. The number of nitrogens with one attached hydrogen (secondary N) is 4. The van der Waals surface area contributed by atoms with Crippen molar-refractivity contribution in [2.45, 2.75) is 133 Å². The Hall–Kier alpha value is -5.58. The normalized spacial score (nSPS) is 31.9. The molecule has 4 bridgehead atoms. The third kappa shape index (κ3) is 7.80. The van der Waals surface area contributed by atoms with Crippen LogP contribution in [-0.4, -0.2) is 87.8 Å². The molecule has 9 atom stereocenters. The van der Waals surface area contributed by atoms with E-state index in [1.807, 2.05) is 13.0 Å². The number of aliphatic hydroxyl groups excluding tert-OH is 2. The molecule has 11 N–H and O–H groups in total. The molecule has 15 heteroatoms. The van der Waals surface area contributed by atoms with Gasteiger partial charge in [-0.05, 0) is 167 Å². The molecule has 8 aliphatic rings. The number of carbonyl (C=O) groups excluding carboxylic acids is 1. The molecule has 0 radical (unpaired) electrons. The predicted octanol–water partition coefficient (Wildman–Crippen LogP) is 5.43. The second-order valence-corrected chi connectivity index (χ2v) is 21.8. The van der Waals surface area contributed by atoms with Gasteiger partial charge in [0.1, 0.15) is 58.1 Å². The Kier molecular flexibility index (Phi) is 12.2. The van der Waals surface area contributed by atoms with E-state index in [1.165, 1.54) is 11.6 Å². The summed E-state index contributed by atoms with van der Waals surface area (Å²) >= 11 is 0. The fraction of sp³-hybridized carbons (Fsp3) is 0.536. The lowest BCUT2D eigenvalue weighted by Gasteiger charge is -2.52. The first-order chi connectivity index (χ1) is 34.2. The van der Waals surface area contributed by atoms with Crippen LogP contribution in [0.2, 0.25) is 0 Å². The van der Waals surface area contributed by atoms with Crippen LogP contribution in [0.1, 0.15) is 118 Å². The molecule has 1 aromatic heterocycles. The van der Waals surface area contributed by atoms with Gasteiger partial charge in [0.25, 0.3) is 0 Å². The lowest BCUT2D eigenvalue weighted by Crippen LogP contribution is -2.59. The van der Waals surface area contributed by atoms with Gasteiger partial charge >= 0.3 is 5.97 Å². The van der Waals surface area contributed by atoms with Crippen molar-refractivity contribution in [2.24, 2.45) is 28.9 Å². The van der Waals surface area contributed by atoms with Crippen LogP contribution in [0, 0.1) is 23.2 Å². The van der Waals surface area contributed by atoms with Gasteiger partial charge in [-0.3, -0.25) is 10.1 Å². The standard InChI is InChI=1S/C56H69N5O10/c1-4-40(56(68)14-13-55(28-56)15-18-58-19-16-55)53(67)70-43-24-38-49(66)47-42(65)23-33(26-62)69-51(47)48-45-36-12-17-60-52(57)46(36)35(11-7-29-6-9-32(64)22-37(29)39(45)27-63)34-10-8-30-21-44(59-5-2)61-25-31(30)20-41(34)54(43,3)71-50(38)48/h4,6,9,12,21-23,25,34-35,39,41,43-45,58-64,66,68H,5,7-8,10-11,13-20,24,26-28,57H2,1-3H3/b40-4+/t34-,35+,39-,41+,43-,44?,45+,54+,56+/m1/s1. The zero-order valence-corrected chi connectivity index (χ0v) is 41.0.